The van der Waals surface area contributed by atoms with Crippen molar-refractivity contribution in [2.75, 3.05) is 0 Å². The van der Waals surface area contributed by atoms with Crippen molar-refractivity contribution in [1.82, 2.24) is 9.97 Å². The number of carbonyl (C=O) groups is 1. The zero-order chi connectivity index (χ0) is 12.5. The average Bonchev–Trinajstić information content (AvgIpc) is 2.80. The first-order chi connectivity index (χ1) is 7.98. The normalized spacial score (nSPS) is 11.5. The lowest BCUT2D eigenvalue weighted by atomic mass is 9.86. The van der Waals surface area contributed by atoms with Crippen LogP contribution in [0.25, 0.3) is 0 Å². The van der Waals surface area contributed by atoms with E-state index in [1.165, 1.54) is 5.56 Å². The van der Waals surface area contributed by atoms with Crippen molar-refractivity contribution in [3.63, 3.8) is 0 Å². The van der Waals surface area contributed by atoms with E-state index in [1.807, 2.05) is 24.3 Å². The minimum atomic E-state index is -0.0736. The molecule has 0 atom stereocenters. The van der Waals surface area contributed by atoms with E-state index in [-0.39, 0.29) is 11.2 Å². The number of aromatic nitrogens is 2. The molecule has 0 aliphatic carbocycles. The second kappa shape index (κ2) is 4.17. The molecule has 0 unspecified atom stereocenters. The van der Waals surface area contributed by atoms with Crippen LogP contribution in [0.1, 0.15) is 42.5 Å². The monoisotopic (exact) mass is 228 g/mol. The molecule has 0 saturated carbocycles. The van der Waals surface area contributed by atoms with Crippen molar-refractivity contribution in [2.24, 2.45) is 0 Å². The van der Waals surface area contributed by atoms with Gasteiger partial charge in [0.05, 0.1) is 0 Å². The largest absolute Gasteiger partial charge is 0.342 e. The molecule has 1 N–H and O–H groups in total. The number of aromatic amines is 1. The lowest BCUT2D eigenvalue weighted by Gasteiger charge is -2.18. The van der Waals surface area contributed by atoms with Crippen molar-refractivity contribution >= 4 is 5.78 Å². The third kappa shape index (κ3) is 2.44. The highest BCUT2D eigenvalue weighted by Crippen LogP contribution is 2.22. The number of nitrogens with zero attached hydrogens (tertiary/aromatic N) is 1. The summed E-state index contributed by atoms with van der Waals surface area (Å²) in [5, 5.41) is 0. The van der Waals surface area contributed by atoms with E-state index in [9.17, 15) is 4.79 Å². The van der Waals surface area contributed by atoms with Gasteiger partial charge < -0.3 is 4.98 Å². The molecule has 0 spiro atoms. The number of hydrogen-bond donors (Lipinski definition) is 1. The predicted molar refractivity (Wildman–Crippen MR) is 67.2 cm³/mol. The summed E-state index contributed by atoms with van der Waals surface area (Å²) in [6, 6.07) is 7.70. The molecule has 1 heterocycles. The number of ketones is 1. The van der Waals surface area contributed by atoms with Crippen molar-refractivity contribution in [3.8, 4) is 0 Å². The molecule has 0 saturated heterocycles. The molecule has 88 valence electrons. The van der Waals surface area contributed by atoms with Crippen LogP contribution in [0.3, 0.4) is 0 Å². The zero-order valence-electron chi connectivity index (χ0n) is 10.3. The van der Waals surface area contributed by atoms with Gasteiger partial charge >= 0.3 is 0 Å². The Kier molecular flexibility index (Phi) is 2.84. The van der Waals surface area contributed by atoms with E-state index < -0.39 is 0 Å². The van der Waals surface area contributed by atoms with Crippen LogP contribution in [0, 0.1) is 0 Å². The summed E-state index contributed by atoms with van der Waals surface area (Å²) >= 11 is 0. The highest BCUT2D eigenvalue weighted by molar-refractivity contribution is 6.06. The molecule has 0 aliphatic heterocycles. The molecule has 0 radical (unpaired) electrons. The summed E-state index contributed by atoms with van der Waals surface area (Å²) < 4.78 is 0. The van der Waals surface area contributed by atoms with Gasteiger partial charge in [0, 0.05) is 18.0 Å². The number of benzene rings is 1. The van der Waals surface area contributed by atoms with Crippen LogP contribution in [0.2, 0.25) is 0 Å². The van der Waals surface area contributed by atoms with E-state index >= 15 is 0 Å². The molecule has 3 nitrogen and oxygen atoms in total. The fraction of sp³-hybridized carbons (Fsp3) is 0.286. The van der Waals surface area contributed by atoms with E-state index in [2.05, 4.69) is 30.7 Å². The Morgan fingerprint density at radius 3 is 2.29 bits per heavy atom. The molecule has 1 aromatic heterocycles. The van der Waals surface area contributed by atoms with Gasteiger partial charge in [-0.2, -0.15) is 0 Å². The van der Waals surface area contributed by atoms with Crippen LogP contribution >= 0.6 is 0 Å². The number of hydrogen-bond acceptors (Lipinski definition) is 2. The number of rotatable bonds is 2. The van der Waals surface area contributed by atoms with Crippen molar-refractivity contribution < 1.29 is 4.79 Å². The fourth-order valence-electron chi connectivity index (χ4n) is 1.65. The van der Waals surface area contributed by atoms with E-state index in [1.54, 1.807) is 12.4 Å². The lowest BCUT2D eigenvalue weighted by molar-refractivity contribution is 0.103. The highest BCUT2D eigenvalue weighted by atomic mass is 16.1. The summed E-state index contributed by atoms with van der Waals surface area (Å²) in [7, 11) is 0. The maximum Gasteiger partial charge on any atom is 0.228 e. The Bertz CT molecular complexity index is 504. The van der Waals surface area contributed by atoms with Crippen LogP contribution < -0.4 is 0 Å². The zero-order valence-corrected chi connectivity index (χ0v) is 10.3. The molecule has 1 aromatic carbocycles. The molecule has 0 bridgehead atoms. The van der Waals surface area contributed by atoms with Gasteiger partial charge in [-0.15, -0.1) is 0 Å². The quantitative estimate of drug-likeness (QED) is 0.803. The van der Waals surface area contributed by atoms with Crippen molar-refractivity contribution in [1.29, 1.82) is 0 Å². The third-order valence-electron chi connectivity index (χ3n) is 2.73. The second-order valence-electron chi connectivity index (χ2n) is 5.09. The molecule has 0 amide bonds. The molecule has 17 heavy (non-hydrogen) atoms. The van der Waals surface area contributed by atoms with Gasteiger partial charge in [0.15, 0.2) is 5.82 Å². The minimum absolute atomic E-state index is 0.0736. The summed E-state index contributed by atoms with van der Waals surface area (Å²) in [5.74, 6) is 0.309. The predicted octanol–water partition coefficient (Wildman–Crippen LogP) is 2.94. The summed E-state index contributed by atoms with van der Waals surface area (Å²) in [5.41, 5.74) is 1.98. The first kappa shape index (κ1) is 11.6. The van der Waals surface area contributed by atoms with Gasteiger partial charge in [0.25, 0.3) is 0 Å². The lowest BCUT2D eigenvalue weighted by Crippen LogP contribution is -2.11. The maximum absolute atomic E-state index is 12.0. The molecule has 2 rings (SSSR count). The summed E-state index contributed by atoms with van der Waals surface area (Å²) in [6.45, 7) is 6.45. The average molecular weight is 228 g/mol. The maximum atomic E-state index is 12.0. The van der Waals surface area contributed by atoms with Crippen LogP contribution in [0.4, 0.5) is 0 Å². The van der Waals surface area contributed by atoms with Gasteiger partial charge in [-0.3, -0.25) is 4.79 Å². The first-order valence-electron chi connectivity index (χ1n) is 5.63. The first-order valence-corrected chi connectivity index (χ1v) is 5.63. The van der Waals surface area contributed by atoms with Gasteiger partial charge in [-0.1, -0.05) is 45.0 Å². The van der Waals surface area contributed by atoms with E-state index in [0.717, 1.165) is 0 Å². The summed E-state index contributed by atoms with van der Waals surface area (Å²) in [6.07, 6.45) is 3.23. The summed E-state index contributed by atoms with van der Waals surface area (Å²) in [4.78, 5) is 18.8. The van der Waals surface area contributed by atoms with E-state index in [4.69, 9.17) is 0 Å². The molecule has 2 aromatic rings. The topological polar surface area (TPSA) is 45.8 Å². The molecular formula is C14H16N2O. The molecule has 0 aliphatic rings. The van der Waals surface area contributed by atoms with Gasteiger partial charge in [0.1, 0.15) is 0 Å². The Hall–Kier alpha value is -1.90. The SMILES string of the molecule is CC(C)(C)c1ccc(C(=O)c2ncc[nH]2)cc1. The third-order valence-corrected chi connectivity index (χ3v) is 2.73. The number of nitrogens with one attached hydrogen (secondary N) is 1. The Balaban J connectivity index is 2.28. The van der Waals surface area contributed by atoms with Crippen LogP contribution in [0.15, 0.2) is 36.7 Å². The highest BCUT2D eigenvalue weighted by Gasteiger charge is 2.15. The van der Waals surface area contributed by atoms with Crippen LogP contribution in [-0.2, 0) is 5.41 Å². The Morgan fingerprint density at radius 2 is 1.82 bits per heavy atom. The van der Waals surface area contributed by atoms with E-state index in [0.29, 0.717) is 11.4 Å². The van der Waals surface area contributed by atoms with Gasteiger partial charge in [0.2, 0.25) is 5.78 Å². The van der Waals surface area contributed by atoms with Gasteiger partial charge in [-0.05, 0) is 11.0 Å². The minimum Gasteiger partial charge on any atom is -0.342 e. The number of imidazole rings is 1. The molecular weight excluding hydrogens is 212 g/mol. The smallest absolute Gasteiger partial charge is 0.228 e. The number of H-pyrrole nitrogens is 1. The van der Waals surface area contributed by atoms with Crippen molar-refractivity contribution in [3.05, 3.63) is 53.6 Å². The molecule has 3 heteroatoms. The molecule has 0 fully saturated rings. The van der Waals surface area contributed by atoms with Gasteiger partial charge in [-0.25, -0.2) is 4.98 Å². The van der Waals surface area contributed by atoms with Crippen LogP contribution in [-0.4, -0.2) is 15.8 Å². The number of carbonyl (C=O) groups excluding carboxylic acids is 1. The fourth-order valence-corrected chi connectivity index (χ4v) is 1.65. The Morgan fingerprint density at radius 1 is 1.18 bits per heavy atom. The van der Waals surface area contributed by atoms with Crippen molar-refractivity contribution in [2.45, 2.75) is 26.2 Å². The van der Waals surface area contributed by atoms with Crippen LogP contribution in [0.5, 0.6) is 0 Å². The Labute approximate surface area is 101 Å². The standard InChI is InChI=1S/C14H16N2O/c1-14(2,3)11-6-4-10(5-7-11)12(17)13-15-8-9-16-13/h4-9H,1-3H3,(H,15,16). The second-order valence-corrected chi connectivity index (χ2v) is 5.09.